The van der Waals surface area contributed by atoms with Crippen LogP contribution >= 0.6 is 0 Å². The molecule has 0 aliphatic heterocycles. The highest BCUT2D eigenvalue weighted by molar-refractivity contribution is 7.89. The number of methoxy groups -OCH3 is 1. The number of hydrogen-bond acceptors (Lipinski definition) is 4. The summed E-state index contributed by atoms with van der Waals surface area (Å²) in [5.41, 5.74) is 0. The van der Waals surface area contributed by atoms with Gasteiger partial charge in [0.15, 0.2) is 0 Å². The van der Waals surface area contributed by atoms with Crippen molar-refractivity contribution < 1.29 is 13.2 Å². The van der Waals surface area contributed by atoms with E-state index < -0.39 is 10.0 Å². The van der Waals surface area contributed by atoms with Gasteiger partial charge in [0, 0.05) is 19.7 Å². The minimum Gasteiger partial charge on any atom is -0.383 e. The Hall–Kier alpha value is -0.170. The van der Waals surface area contributed by atoms with Crippen molar-refractivity contribution >= 4 is 10.0 Å². The summed E-state index contributed by atoms with van der Waals surface area (Å²) in [6.45, 7) is 8.63. The molecule has 1 atom stereocenters. The summed E-state index contributed by atoms with van der Waals surface area (Å²) in [5.74, 6) is 0.206. The molecule has 0 aromatic heterocycles. The predicted octanol–water partition coefficient (Wildman–Crippen LogP) is 1.45. The van der Waals surface area contributed by atoms with Gasteiger partial charge in [-0.1, -0.05) is 13.8 Å². The maximum absolute atomic E-state index is 12.3. The number of rotatable bonds is 12. The maximum atomic E-state index is 12.3. The normalized spacial score (nSPS) is 13.9. The van der Waals surface area contributed by atoms with Gasteiger partial charge in [0.25, 0.3) is 0 Å². The molecule has 0 fully saturated rings. The zero-order chi connectivity index (χ0) is 14.7. The van der Waals surface area contributed by atoms with E-state index in [0.717, 1.165) is 25.9 Å². The van der Waals surface area contributed by atoms with Gasteiger partial charge >= 0.3 is 0 Å². The van der Waals surface area contributed by atoms with Crippen molar-refractivity contribution in [2.75, 3.05) is 39.1 Å². The Morgan fingerprint density at radius 3 is 2.47 bits per heavy atom. The summed E-state index contributed by atoms with van der Waals surface area (Å²) in [5, 5.41) is 3.23. The molecular weight excluding hydrogens is 264 g/mol. The molecule has 0 rings (SSSR count). The largest absolute Gasteiger partial charge is 0.383 e. The highest BCUT2D eigenvalue weighted by Gasteiger charge is 2.25. The van der Waals surface area contributed by atoms with Crippen LogP contribution in [0.4, 0.5) is 0 Å². The molecule has 0 aliphatic carbocycles. The van der Waals surface area contributed by atoms with E-state index >= 15 is 0 Å². The van der Waals surface area contributed by atoms with Gasteiger partial charge in [-0.25, -0.2) is 8.42 Å². The van der Waals surface area contributed by atoms with Gasteiger partial charge in [0.1, 0.15) is 0 Å². The Morgan fingerprint density at radius 1 is 1.26 bits per heavy atom. The first-order chi connectivity index (χ1) is 8.99. The third kappa shape index (κ3) is 7.87. The van der Waals surface area contributed by atoms with E-state index in [1.165, 1.54) is 0 Å². The van der Waals surface area contributed by atoms with Gasteiger partial charge in [0.2, 0.25) is 10.0 Å². The molecule has 6 heteroatoms. The molecule has 0 radical (unpaired) electrons. The van der Waals surface area contributed by atoms with Gasteiger partial charge in [-0.05, 0) is 39.3 Å². The number of ether oxygens (including phenoxy) is 1. The second-order valence-electron chi connectivity index (χ2n) is 4.78. The molecule has 0 saturated heterocycles. The lowest BCUT2D eigenvalue weighted by Crippen LogP contribution is -2.42. The minimum atomic E-state index is -3.18. The van der Waals surface area contributed by atoms with Crippen LogP contribution in [0, 0.1) is 0 Å². The lowest BCUT2D eigenvalue weighted by atomic mass is 10.3. The van der Waals surface area contributed by atoms with E-state index in [1.54, 1.807) is 11.4 Å². The zero-order valence-electron chi connectivity index (χ0n) is 12.8. The van der Waals surface area contributed by atoms with Crippen LogP contribution in [0.2, 0.25) is 0 Å². The van der Waals surface area contributed by atoms with Crippen molar-refractivity contribution in [2.45, 2.75) is 46.1 Å². The van der Waals surface area contributed by atoms with Crippen molar-refractivity contribution in [3.05, 3.63) is 0 Å². The third-order valence-electron chi connectivity index (χ3n) is 3.14. The molecule has 0 heterocycles. The van der Waals surface area contributed by atoms with Gasteiger partial charge in [0.05, 0.1) is 12.4 Å². The molecule has 116 valence electrons. The Morgan fingerprint density at radius 2 is 1.95 bits per heavy atom. The topological polar surface area (TPSA) is 58.6 Å². The number of nitrogens with one attached hydrogen (secondary N) is 1. The van der Waals surface area contributed by atoms with Gasteiger partial charge < -0.3 is 10.1 Å². The van der Waals surface area contributed by atoms with Crippen LogP contribution in [-0.4, -0.2) is 57.9 Å². The van der Waals surface area contributed by atoms with Crippen LogP contribution in [0.15, 0.2) is 0 Å². The van der Waals surface area contributed by atoms with Crippen LogP contribution in [0.1, 0.15) is 40.0 Å². The molecule has 0 amide bonds. The van der Waals surface area contributed by atoms with Crippen LogP contribution in [0.3, 0.4) is 0 Å². The molecule has 1 N–H and O–H groups in total. The molecule has 0 aromatic rings. The molecule has 0 spiro atoms. The smallest absolute Gasteiger partial charge is 0.214 e. The van der Waals surface area contributed by atoms with E-state index in [-0.39, 0.29) is 11.8 Å². The summed E-state index contributed by atoms with van der Waals surface area (Å²) >= 11 is 0. The second kappa shape index (κ2) is 10.6. The molecule has 1 unspecified atom stereocenters. The Balaban J connectivity index is 4.35. The van der Waals surface area contributed by atoms with E-state index in [9.17, 15) is 8.42 Å². The Labute approximate surface area is 118 Å². The van der Waals surface area contributed by atoms with Gasteiger partial charge in [-0.3, -0.25) is 0 Å². The first-order valence-electron chi connectivity index (χ1n) is 7.18. The van der Waals surface area contributed by atoms with E-state index in [4.69, 9.17) is 4.74 Å². The van der Waals surface area contributed by atoms with Crippen LogP contribution < -0.4 is 5.32 Å². The third-order valence-corrected chi connectivity index (χ3v) is 5.20. The number of nitrogens with zero attached hydrogens (tertiary/aromatic N) is 1. The van der Waals surface area contributed by atoms with E-state index in [0.29, 0.717) is 19.6 Å². The van der Waals surface area contributed by atoms with Crippen molar-refractivity contribution in [3.63, 3.8) is 0 Å². The van der Waals surface area contributed by atoms with Crippen LogP contribution in [-0.2, 0) is 14.8 Å². The van der Waals surface area contributed by atoms with Crippen molar-refractivity contribution in [1.82, 2.24) is 9.62 Å². The summed E-state index contributed by atoms with van der Waals surface area (Å²) in [6.07, 6.45) is 2.54. The van der Waals surface area contributed by atoms with Crippen LogP contribution in [0.25, 0.3) is 0 Å². The Bertz CT molecular complexity index is 307. The van der Waals surface area contributed by atoms with E-state index in [2.05, 4.69) is 12.2 Å². The fraction of sp³-hybridized carbons (Fsp3) is 1.00. The first-order valence-corrected chi connectivity index (χ1v) is 8.79. The maximum Gasteiger partial charge on any atom is 0.214 e. The van der Waals surface area contributed by atoms with Crippen molar-refractivity contribution in [2.24, 2.45) is 0 Å². The summed E-state index contributed by atoms with van der Waals surface area (Å²) < 4.78 is 31.2. The highest BCUT2D eigenvalue weighted by Crippen LogP contribution is 2.11. The molecule has 0 aliphatic rings. The Kier molecular flexibility index (Phi) is 10.5. The monoisotopic (exact) mass is 294 g/mol. The second-order valence-corrected chi connectivity index (χ2v) is 6.82. The molecule has 0 saturated carbocycles. The van der Waals surface area contributed by atoms with Crippen LogP contribution in [0.5, 0.6) is 0 Å². The van der Waals surface area contributed by atoms with Crippen molar-refractivity contribution in [3.8, 4) is 0 Å². The highest BCUT2D eigenvalue weighted by atomic mass is 32.2. The average molecular weight is 294 g/mol. The summed E-state index contributed by atoms with van der Waals surface area (Å²) in [4.78, 5) is 0. The van der Waals surface area contributed by atoms with E-state index in [1.807, 2.05) is 13.8 Å². The van der Waals surface area contributed by atoms with Gasteiger partial charge in [-0.2, -0.15) is 4.31 Å². The molecule has 0 aromatic carbocycles. The van der Waals surface area contributed by atoms with Gasteiger partial charge in [-0.15, -0.1) is 0 Å². The predicted molar refractivity (Wildman–Crippen MR) is 79.9 cm³/mol. The number of sulfonamides is 1. The molecule has 5 nitrogen and oxygen atoms in total. The summed E-state index contributed by atoms with van der Waals surface area (Å²) in [6, 6.07) is 0.0313. The quantitative estimate of drug-likeness (QED) is 0.554. The standard InChI is InChI=1S/C13H30N2O3S/c1-5-8-14-9-7-12-19(16,17)15(10-11-18-4)13(3)6-2/h13-14H,5-12H2,1-4H3. The first kappa shape index (κ1) is 18.8. The lowest BCUT2D eigenvalue weighted by Gasteiger charge is -2.27. The molecule has 19 heavy (non-hydrogen) atoms. The zero-order valence-corrected chi connectivity index (χ0v) is 13.6. The van der Waals surface area contributed by atoms with Crippen molar-refractivity contribution in [1.29, 1.82) is 0 Å². The fourth-order valence-electron chi connectivity index (χ4n) is 1.82. The minimum absolute atomic E-state index is 0.0313. The molecule has 0 bridgehead atoms. The molecular formula is C13H30N2O3S. The fourth-order valence-corrected chi connectivity index (χ4v) is 3.61. The number of hydrogen-bond donors (Lipinski definition) is 1. The summed E-state index contributed by atoms with van der Waals surface area (Å²) in [7, 11) is -1.59. The SMILES string of the molecule is CCCNCCCS(=O)(=O)N(CCOC)C(C)CC. The lowest BCUT2D eigenvalue weighted by molar-refractivity contribution is 0.167. The average Bonchev–Trinajstić information content (AvgIpc) is 2.38.